The first-order valence-electron chi connectivity index (χ1n) is 23.7. The maximum Gasteiger partial charge on any atom is 0.287 e. The summed E-state index contributed by atoms with van der Waals surface area (Å²) in [7, 11) is 0. The molecule has 0 saturated carbocycles. The normalized spacial score (nSPS) is 17.4. The van der Waals surface area contributed by atoms with Crippen LogP contribution in [0.4, 0.5) is 0 Å². The molecule has 16 nitrogen and oxygen atoms in total. The maximum absolute atomic E-state index is 14.4. The first-order valence-corrected chi connectivity index (χ1v) is 25.8. The van der Waals surface area contributed by atoms with E-state index in [-0.39, 0.29) is 50.2 Å². The number of carbonyl (C=O) groups is 4. The number of rotatable bonds is 14. The van der Waals surface area contributed by atoms with Gasteiger partial charge in [-0.25, -0.2) is 4.98 Å². The van der Waals surface area contributed by atoms with Crippen molar-refractivity contribution in [2.45, 2.75) is 98.5 Å². The zero-order valence-corrected chi connectivity index (χ0v) is 43.6. The molecule has 0 unspecified atom stereocenters. The lowest BCUT2D eigenvalue weighted by Gasteiger charge is -2.35. The minimum absolute atomic E-state index is 0.0209. The molecule has 9 rings (SSSR count). The molecule has 1 saturated heterocycles. The van der Waals surface area contributed by atoms with Crippen molar-refractivity contribution in [1.82, 2.24) is 40.6 Å². The van der Waals surface area contributed by atoms with Gasteiger partial charge in [-0.2, -0.15) is 0 Å². The number of aryl methyl sites for hydroxylation is 3. The highest BCUT2D eigenvalue weighted by Crippen LogP contribution is 2.40. The second-order valence-electron chi connectivity index (χ2n) is 19.4. The zero-order chi connectivity index (χ0) is 51.2. The van der Waals surface area contributed by atoms with Crippen molar-refractivity contribution in [2.24, 2.45) is 10.4 Å². The van der Waals surface area contributed by atoms with Crippen LogP contribution in [0.15, 0.2) is 87.7 Å². The van der Waals surface area contributed by atoms with E-state index < -0.39 is 47.4 Å². The number of aliphatic hydroxyl groups excluding tert-OH is 1. The van der Waals surface area contributed by atoms with E-state index in [9.17, 15) is 24.3 Å². The lowest BCUT2D eigenvalue weighted by Crippen LogP contribution is -2.57. The second-order valence-corrected chi connectivity index (χ2v) is 21.9. The van der Waals surface area contributed by atoms with Crippen LogP contribution in [-0.2, 0) is 14.4 Å². The average Bonchev–Trinajstić information content (AvgIpc) is 4.18. The van der Waals surface area contributed by atoms with Crippen molar-refractivity contribution in [2.75, 3.05) is 19.7 Å². The highest BCUT2D eigenvalue weighted by atomic mass is 35.5. The number of hydrogen-bond acceptors (Lipinski definition) is 13. The number of furan rings is 1. The molecule has 4 N–H and O–H groups in total. The Balaban J connectivity index is 0.815. The smallest absolute Gasteiger partial charge is 0.287 e. The molecule has 0 aliphatic carbocycles. The lowest BCUT2D eigenvalue weighted by atomic mass is 9.85. The van der Waals surface area contributed by atoms with Gasteiger partial charge in [0.15, 0.2) is 11.6 Å². The van der Waals surface area contributed by atoms with Crippen LogP contribution in [0.2, 0.25) is 5.02 Å². The summed E-state index contributed by atoms with van der Waals surface area (Å²) in [6, 6.07) is 19.1. The number of aliphatic imine (C=N–C) groups is 1. The van der Waals surface area contributed by atoms with Crippen molar-refractivity contribution in [3.63, 3.8) is 0 Å². The summed E-state index contributed by atoms with van der Waals surface area (Å²) in [5.74, 6) is -0.0434. The van der Waals surface area contributed by atoms with Gasteiger partial charge in [0.1, 0.15) is 46.9 Å². The first kappa shape index (κ1) is 50.2. The van der Waals surface area contributed by atoms with Crippen molar-refractivity contribution >= 4 is 74.6 Å². The predicted octanol–water partition coefficient (Wildman–Crippen LogP) is 8.55. The quantitative estimate of drug-likeness (QED) is 0.0764. The Morgan fingerprint density at radius 3 is 2.40 bits per heavy atom. The number of halogens is 1. The van der Waals surface area contributed by atoms with Crippen LogP contribution in [0.25, 0.3) is 26.4 Å². The standard InChI is InChI=1S/C53H56ClN9O7S2/c1-27-30(4)72-52-44(27)45(33-13-16-36(54)17-14-33)58-39(48-61-60-31(5)63(48)52)24-43(65)55-19-20-69-38-18-15-35-21-42(70-41(35)23-38)50(67)59-47(53(6,7)8)51(68)62-25-37(64)22-40(62)49(66)57-28(2)32-9-11-34(12-10-32)46-29(3)56-26-71-46/h9-18,21,23,26,28,37,39-40,47,64H,19-20,22,24-25H2,1-8H3,(H,55,65)(H,57,66)(H,59,67)/t28-,37+,39-,40-,47+/m0/s1. The molecular formula is C53H56ClN9O7S2. The summed E-state index contributed by atoms with van der Waals surface area (Å²) in [6.07, 6.45) is -0.843. The van der Waals surface area contributed by atoms with Crippen LogP contribution in [0.1, 0.15) is 108 Å². The molecule has 6 heterocycles. The van der Waals surface area contributed by atoms with Gasteiger partial charge in [-0.1, -0.05) is 68.8 Å². The first-order chi connectivity index (χ1) is 34.3. The number of likely N-dealkylation sites (tertiary alicyclic amines) is 1. The van der Waals surface area contributed by atoms with E-state index >= 15 is 0 Å². The van der Waals surface area contributed by atoms with Crippen LogP contribution in [0.3, 0.4) is 0 Å². The summed E-state index contributed by atoms with van der Waals surface area (Å²) in [4.78, 5) is 68.7. The van der Waals surface area contributed by atoms with E-state index in [1.54, 1.807) is 46.9 Å². The summed E-state index contributed by atoms with van der Waals surface area (Å²) in [6.45, 7) is 15.6. The van der Waals surface area contributed by atoms with Gasteiger partial charge in [0.05, 0.1) is 46.9 Å². The van der Waals surface area contributed by atoms with Gasteiger partial charge in [-0.3, -0.25) is 28.7 Å². The number of nitrogens with zero attached hydrogens (tertiary/aromatic N) is 6. The number of carbonyl (C=O) groups excluding carboxylic acids is 4. The van der Waals surface area contributed by atoms with Crippen LogP contribution >= 0.6 is 34.3 Å². The number of hydrogen-bond donors (Lipinski definition) is 4. The Kier molecular flexibility index (Phi) is 14.2. The van der Waals surface area contributed by atoms with Crippen LogP contribution in [-0.4, -0.2) is 97.0 Å². The molecule has 2 aliphatic heterocycles. The second kappa shape index (κ2) is 20.4. The van der Waals surface area contributed by atoms with Gasteiger partial charge in [-0.05, 0) is 87.1 Å². The number of fused-ring (bicyclic) bond motifs is 4. The van der Waals surface area contributed by atoms with Crippen LogP contribution in [0.5, 0.6) is 5.75 Å². The van der Waals surface area contributed by atoms with E-state index in [1.807, 2.05) is 100 Å². The minimum atomic E-state index is -1.07. The Labute approximate surface area is 429 Å². The van der Waals surface area contributed by atoms with Gasteiger partial charge in [0.25, 0.3) is 5.91 Å². The summed E-state index contributed by atoms with van der Waals surface area (Å²) >= 11 is 9.47. The molecule has 1 fully saturated rings. The zero-order valence-electron chi connectivity index (χ0n) is 41.2. The highest BCUT2D eigenvalue weighted by molar-refractivity contribution is 7.15. The molecular weight excluding hydrogens is 974 g/mol. The number of amides is 4. The average molecular weight is 1030 g/mol. The molecule has 7 aromatic rings. The third kappa shape index (κ3) is 10.3. The van der Waals surface area contributed by atoms with E-state index in [2.05, 4.69) is 45.0 Å². The molecule has 4 aromatic heterocycles. The fraction of sp³-hybridized carbons (Fsp3) is 0.358. The van der Waals surface area contributed by atoms with E-state index in [0.29, 0.717) is 33.4 Å². The fourth-order valence-corrected chi connectivity index (χ4v) is 11.3. The topological polar surface area (TPSA) is 206 Å². The largest absolute Gasteiger partial charge is 0.492 e. The van der Waals surface area contributed by atoms with Gasteiger partial charge in [0, 0.05) is 45.4 Å². The molecule has 3 aromatic carbocycles. The van der Waals surface area contributed by atoms with E-state index in [4.69, 9.17) is 25.7 Å². The van der Waals surface area contributed by atoms with Crippen LogP contribution in [0, 0.1) is 33.1 Å². The van der Waals surface area contributed by atoms with Crippen LogP contribution < -0.4 is 20.7 Å². The number of ether oxygens (including phenoxy) is 1. The number of aliphatic hydroxyl groups is 1. The molecule has 2 aliphatic rings. The van der Waals surface area contributed by atoms with Gasteiger partial charge >= 0.3 is 0 Å². The van der Waals surface area contributed by atoms with Crippen molar-refractivity contribution in [1.29, 1.82) is 0 Å². The van der Waals surface area contributed by atoms with E-state index in [0.717, 1.165) is 54.0 Å². The minimum Gasteiger partial charge on any atom is -0.492 e. The van der Waals surface area contributed by atoms with Crippen molar-refractivity contribution in [3.05, 3.63) is 134 Å². The Bertz CT molecular complexity index is 3220. The Hall–Kier alpha value is -6.73. The number of nitrogens with one attached hydrogen (secondary N) is 3. The summed E-state index contributed by atoms with van der Waals surface area (Å²) in [5, 5.41) is 30.7. The summed E-state index contributed by atoms with van der Waals surface area (Å²) in [5.41, 5.74) is 7.99. The van der Waals surface area contributed by atoms with Gasteiger partial charge in [0.2, 0.25) is 17.7 Å². The van der Waals surface area contributed by atoms with Crippen molar-refractivity contribution < 1.29 is 33.4 Å². The molecule has 0 bridgehead atoms. The highest BCUT2D eigenvalue weighted by Gasteiger charge is 2.45. The predicted molar refractivity (Wildman–Crippen MR) is 278 cm³/mol. The SMILES string of the molecule is Cc1ncsc1-c1ccc([C@H](C)NC(=O)[C@@H]2C[C@@H](O)CN2C(=O)[C@@H](NC(=O)c2cc3ccc(OCCNC(=O)C[C@@H]4N=C(c5ccc(Cl)cc5)c5c(sc(C)c5C)-n5c(C)nnc54)cc3o2)C(C)(C)C)cc1. The Morgan fingerprint density at radius 2 is 1.69 bits per heavy atom. The maximum atomic E-state index is 14.4. The van der Waals surface area contributed by atoms with E-state index in [1.165, 1.54) is 4.90 Å². The molecule has 19 heteroatoms. The lowest BCUT2D eigenvalue weighted by molar-refractivity contribution is -0.142. The number of aromatic nitrogens is 4. The number of thiophene rings is 1. The molecule has 0 radical (unpaired) electrons. The third-order valence-electron chi connectivity index (χ3n) is 13.2. The molecule has 0 spiro atoms. The monoisotopic (exact) mass is 1030 g/mol. The molecule has 72 heavy (non-hydrogen) atoms. The van der Waals surface area contributed by atoms with Crippen molar-refractivity contribution in [3.8, 4) is 21.2 Å². The van der Waals surface area contributed by atoms with Gasteiger partial charge < -0.3 is 35.1 Å². The number of β-amino-alcohol motifs (C(OH)–C–C–N with tert-alkyl or cyclic N) is 1. The summed E-state index contributed by atoms with van der Waals surface area (Å²) < 4.78 is 14.0. The number of benzene rings is 3. The van der Waals surface area contributed by atoms with Gasteiger partial charge in [-0.15, -0.1) is 32.9 Å². The molecule has 4 amide bonds. The number of thiazole rings is 1. The fourth-order valence-electron chi connectivity index (χ4n) is 9.17. The Morgan fingerprint density at radius 1 is 0.958 bits per heavy atom. The molecule has 374 valence electrons. The molecule has 5 atom stereocenters. The third-order valence-corrected chi connectivity index (χ3v) is 15.6.